The maximum Gasteiger partial charge on any atom is 0.319 e. The number of amides is 6. The largest absolute Gasteiger partial charge is 0.396 e. The van der Waals surface area contributed by atoms with E-state index in [2.05, 4.69) is 21.3 Å². The van der Waals surface area contributed by atoms with Gasteiger partial charge >= 0.3 is 12.1 Å². The molecule has 0 spiro atoms. The fourth-order valence-corrected chi connectivity index (χ4v) is 4.96. The Bertz CT molecular complexity index is 1350. The summed E-state index contributed by atoms with van der Waals surface area (Å²) in [6, 6.07) is 16.6. The third-order valence-electron chi connectivity index (χ3n) is 7.39. The van der Waals surface area contributed by atoms with Crippen LogP contribution < -0.4 is 32.7 Å². The molecule has 0 fully saturated rings. The van der Waals surface area contributed by atoms with E-state index in [1.165, 1.54) is 12.1 Å². The van der Waals surface area contributed by atoms with Crippen LogP contribution in [0.5, 0.6) is 0 Å². The monoisotopic (exact) mass is 632 g/mol. The number of hydrogen-bond acceptors (Lipinski definition) is 6. The second kappa shape index (κ2) is 18.8. The van der Waals surface area contributed by atoms with Crippen molar-refractivity contribution in [2.75, 3.05) is 36.9 Å². The molecule has 12 heteroatoms. The van der Waals surface area contributed by atoms with E-state index in [4.69, 9.17) is 21.7 Å². The number of primary amides is 2. The molecular formula is C34H44N6O6. The highest BCUT2D eigenvalue weighted by Crippen LogP contribution is 2.27. The number of benzene rings is 3. The number of anilines is 2. The Labute approximate surface area is 268 Å². The Kier molecular flexibility index (Phi) is 14.5. The van der Waals surface area contributed by atoms with Crippen molar-refractivity contribution in [2.24, 2.45) is 11.5 Å². The van der Waals surface area contributed by atoms with Gasteiger partial charge in [-0.1, -0.05) is 24.3 Å². The normalized spacial score (nSPS) is 10.7. The molecule has 0 aliphatic rings. The highest BCUT2D eigenvalue weighted by atomic mass is 16.3. The maximum absolute atomic E-state index is 12.5. The quantitative estimate of drug-likeness (QED) is 0.0981. The van der Waals surface area contributed by atoms with Crippen LogP contribution >= 0.6 is 0 Å². The first-order chi connectivity index (χ1) is 22.2. The number of unbranched alkanes of at least 4 members (excludes halogenated alkanes) is 4. The molecule has 3 aromatic rings. The van der Waals surface area contributed by atoms with E-state index in [0.29, 0.717) is 48.4 Å². The molecule has 0 saturated heterocycles. The number of aliphatic hydroxyl groups excluding tert-OH is 2. The van der Waals surface area contributed by atoms with Gasteiger partial charge < -0.3 is 42.9 Å². The Balaban J connectivity index is 1.74. The van der Waals surface area contributed by atoms with Gasteiger partial charge in [0.1, 0.15) is 0 Å². The van der Waals surface area contributed by atoms with Gasteiger partial charge in [0, 0.05) is 48.8 Å². The van der Waals surface area contributed by atoms with Crippen LogP contribution in [0.4, 0.5) is 21.0 Å². The van der Waals surface area contributed by atoms with E-state index < -0.39 is 11.8 Å². The molecule has 6 amide bonds. The fourth-order valence-electron chi connectivity index (χ4n) is 4.96. The van der Waals surface area contributed by atoms with Gasteiger partial charge in [0.05, 0.1) is 0 Å². The van der Waals surface area contributed by atoms with Crippen molar-refractivity contribution in [2.45, 2.75) is 51.4 Å². The number of hydrogen-bond donors (Lipinski definition) is 8. The fraction of sp³-hybridized carbons (Fsp3) is 0.353. The molecule has 0 radical (unpaired) electrons. The van der Waals surface area contributed by atoms with Gasteiger partial charge in [-0.3, -0.25) is 9.59 Å². The molecule has 3 aromatic carbocycles. The average molecular weight is 633 g/mol. The Morgan fingerprint density at radius 2 is 0.891 bits per heavy atom. The van der Waals surface area contributed by atoms with Gasteiger partial charge in [-0.2, -0.15) is 0 Å². The lowest BCUT2D eigenvalue weighted by Gasteiger charge is -2.17. The highest BCUT2D eigenvalue weighted by Gasteiger charge is 2.20. The Morgan fingerprint density at radius 3 is 1.22 bits per heavy atom. The van der Waals surface area contributed by atoms with Gasteiger partial charge in [0.2, 0.25) is 11.8 Å². The summed E-state index contributed by atoms with van der Waals surface area (Å²) in [5.41, 5.74) is 16.0. The smallest absolute Gasteiger partial charge is 0.319 e. The van der Waals surface area contributed by atoms with E-state index in [-0.39, 0.29) is 49.2 Å². The molecule has 0 atom stereocenters. The van der Waals surface area contributed by atoms with E-state index in [9.17, 15) is 19.2 Å². The van der Waals surface area contributed by atoms with Crippen molar-refractivity contribution in [3.8, 4) is 0 Å². The topological polar surface area (TPSA) is 209 Å². The summed E-state index contributed by atoms with van der Waals surface area (Å²) in [6.07, 6.45) is 5.16. The Hall–Kier alpha value is -4.94. The SMILES string of the molecule is NC(=O)c1ccc(C(N)=O)c(Cc2ccc(NC(=O)NCCCCCO)cc2)c1Cc1ccc(NC(=O)NCCCCCO)cc1. The summed E-state index contributed by atoms with van der Waals surface area (Å²) < 4.78 is 0. The first-order valence-corrected chi connectivity index (χ1v) is 15.5. The standard InChI is InChI=1S/C34H44N6O6/c35-31(43)27-15-16-28(32(36)44)30(22-24-9-13-26(14-10-24)40-34(46)38-18-4-2-6-20-42)29(27)21-23-7-11-25(12-8-23)39-33(45)37-17-3-1-5-19-41/h7-16,41-42H,1-6,17-22H2,(H2,35,43)(H2,36,44)(H2,37,39,45)(H2,38,40,46). The summed E-state index contributed by atoms with van der Waals surface area (Å²) in [5, 5.41) is 28.8. The second-order valence-electron chi connectivity index (χ2n) is 10.9. The number of carbonyl (C=O) groups is 4. The predicted molar refractivity (Wildman–Crippen MR) is 178 cm³/mol. The molecule has 0 unspecified atom stereocenters. The zero-order valence-electron chi connectivity index (χ0n) is 25.9. The van der Waals surface area contributed by atoms with Crippen molar-refractivity contribution in [3.63, 3.8) is 0 Å². The van der Waals surface area contributed by atoms with Gasteiger partial charge in [0.25, 0.3) is 0 Å². The maximum atomic E-state index is 12.5. The van der Waals surface area contributed by atoms with E-state index in [1.54, 1.807) is 24.3 Å². The molecule has 0 aliphatic heterocycles. The predicted octanol–water partition coefficient (Wildman–Crippen LogP) is 3.63. The highest BCUT2D eigenvalue weighted by molar-refractivity contribution is 5.99. The van der Waals surface area contributed by atoms with Crippen LogP contribution in [0.1, 0.15) is 81.5 Å². The van der Waals surface area contributed by atoms with Gasteiger partial charge in [-0.15, -0.1) is 0 Å². The minimum Gasteiger partial charge on any atom is -0.396 e. The van der Waals surface area contributed by atoms with Crippen LogP contribution in [-0.2, 0) is 12.8 Å². The van der Waals surface area contributed by atoms with Gasteiger partial charge in [0.15, 0.2) is 0 Å². The molecule has 0 aliphatic carbocycles. The summed E-state index contributed by atoms with van der Waals surface area (Å²) >= 11 is 0. The minimum atomic E-state index is -0.636. The van der Waals surface area contributed by atoms with E-state index in [0.717, 1.165) is 36.8 Å². The molecule has 0 aromatic heterocycles. The Morgan fingerprint density at radius 1 is 0.522 bits per heavy atom. The average Bonchev–Trinajstić information content (AvgIpc) is 3.03. The summed E-state index contributed by atoms with van der Waals surface area (Å²) in [6.45, 7) is 1.27. The molecule has 246 valence electrons. The van der Waals surface area contributed by atoms with Crippen LogP contribution in [-0.4, -0.2) is 60.4 Å². The lowest BCUT2D eigenvalue weighted by Crippen LogP contribution is -2.29. The minimum absolute atomic E-state index is 0.133. The third kappa shape index (κ3) is 11.5. The van der Waals surface area contributed by atoms with Crippen LogP contribution in [0.15, 0.2) is 60.7 Å². The number of nitrogens with two attached hydrogens (primary N) is 2. The van der Waals surface area contributed by atoms with E-state index in [1.807, 2.05) is 24.3 Å². The summed E-state index contributed by atoms with van der Waals surface area (Å²) in [4.78, 5) is 49.4. The first-order valence-electron chi connectivity index (χ1n) is 15.5. The van der Waals surface area contributed by atoms with Crippen molar-refractivity contribution >= 4 is 35.3 Å². The lowest BCUT2D eigenvalue weighted by molar-refractivity contribution is 0.0987. The number of rotatable bonds is 18. The second-order valence-corrected chi connectivity index (χ2v) is 10.9. The molecule has 12 nitrogen and oxygen atoms in total. The molecule has 0 heterocycles. The molecule has 0 bridgehead atoms. The summed E-state index contributed by atoms with van der Waals surface area (Å²) in [5.74, 6) is -1.27. The molecule has 3 rings (SSSR count). The van der Waals surface area contributed by atoms with Crippen LogP contribution in [0.25, 0.3) is 0 Å². The van der Waals surface area contributed by atoms with Gasteiger partial charge in [-0.05, 0) is 110 Å². The molecular weight excluding hydrogens is 588 g/mol. The van der Waals surface area contributed by atoms with Crippen molar-refractivity contribution in [3.05, 3.63) is 94.0 Å². The van der Waals surface area contributed by atoms with Crippen molar-refractivity contribution in [1.29, 1.82) is 0 Å². The third-order valence-corrected chi connectivity index (χ3v) is 7.39. The van der Waals surface area contributed by atoms with Crippen molar-refractivity contribution < 1.29 is 29.4 Å². The van der Waals surface area contributed by atoms with Crippen LogP contribution in [0.3, 0.4) is 0 Å². The number of aliphatic hydroxyl groups is 2. The van der Waals surface area contributed by atoms with Gasteiger partial charge in [-0.25, -0.2) is 9.59 Å². The van der Waals surface area contributed by atoms with Crippen molar-refractivity contribution in [1.82, 2.24) is 10.6 Å². The zero-order valence-corrected chi connectivity index (χ0v) is 25.9. The molecule has 10 N–H and O–H groups in total. The number of carbonyl (C=O) groups excluding carboxylic acids is 4. The van der Waals surface area contributed by atoms with Crippen LogP contribution in [0.2, 0.25) is 0 Å². The lowest BCUT2D eigenvalue weighted by atomic mass is 9.87. The first kappa shape index (κ1) is 35.5. The molecule has 46 heavy (non-hydrogen) atoms. The summed E-state index contributed by atoms with van der Waals surface area (Å²) in [7, 11) is 0. The number of urea groups is 2. The number of nitrogens with one attached hydrogen (secondary N) is 4. The van der Waals surface area contributed by atoms with E-state index >= 15 is 0 Å². The zero-order chi connectivity index (χ0) is 33.3. The molecule has 0 saturated carbocycles. The van der Waals surface area contributed by atoms with Crippen LogP contribution in [0, 0.1) is 0 Å².